The molecule has 4 aromatic rings. The van der Waals surface area contributed by atoms with Crippen molar-refractivity contribution < 1.29 is 15.3 Å². The Kier molecular flexibility index (Phi) is 15.5. The number of rotatable bonds is 12. The van der Waals surface area contributed by atoms with Crippen LogP contribution in [-0.4, -0.2) is 29.0 Å². The fourth-order valence-electron chi connectivity index (χ4n) is 9.53. The molecule has 9 nitrogen and oxygen atoms in total. The first kappa shape index (κ1) is 54.1. The molecule has 3 atom stereocenters. The average molecular weight is 910 g/mol. The van der Waals surface area contributed by atoms with Gasteiger partial charge in [-0.05, 0) is 138 Å². The minimum absolute atomic E-state index is 0.197. The lowest BCUT2D eigenvalue weighted by Crippen LogP contribution is -2.57. The normalized spacial score (nSPS) is 14.7. The molecule has 0 spiro atoms. The third kappa shape index (κ3) is 10.9. The molecule has 9 heteroatoms. The largest absolute Gasteiger partial charge is 0.507 e. The van der Waals surface area contributed by atoms with Gasteiger partial charge in [-0.3, -0.25) is 0 Å². The Labute approximate surface area is 397 Å². The van der Waals surface area contributed by atoms with E-state index < -0.39 is 67.7 Å². The molecule has 0 aliphatic heterocycles. The summed E-state index contributed by atoms with van der Waals surface area (Å²) in [7, 11) is 0. The summed E-state index contributed by atoms with van der Waals surface area (Å²) in [6.45, 7) is 42.9. The van der Waals surface area contributed by atoms with Gasteiger partial charge in [-0.1, -0.05) is 165 Å². The van der Waals surface area contributed by atoms with Crippen molar-refractivity contribution in [1.29, 1.82) is 0 Å². The van der Waals surface area contributed by atoms with Gasteiger partial charge in [-0.2, -0.15) is 0 Å². The van der Waals surface area contributed by atoms with Gasteiger partial charge in [0.25, 0.3) is 0 Å². The maximum Gasteiger partial charge on any atom is 0.337 e. The van der Waals surface area contributed by atoms with E-state index in [1.807, 2.05) is 182 Å². The van der Waals surface area contributed by atoms with E-state index in [4.69, 9.17) is 0 Å². The summed E-state index contributed by atoms with van der Waals surface area (Å²) in [6, 6.07) is 9.27. The highest BCUT2D eigenvalue weighted by Crippen LogP contribution is 2.45. The van der Waals surface area contributed by atoms with Gasteiger partial charge < -0.3 is 15.3 Å². The molecule has 0 radical (unpaired) electrons. The van der Waals surface area contributed by atoms with Crippen molar-refractivity contribution in [2.24, 2.45) is 0 Å². The lowest BCUT2D eigenvalue weighted by molar-refractivity contribution is 0.351. The lowest BCUT2D eigenvalue weighted by atomic mass is 9.77. The number of nitrogens with zero attached hydrogens (tertiary/aromatic N) is 3. The van der Waals surface area contributed by atoms with Gasteiger partial charge in [-0.15, -0.1) is 0 Å². The van der Waals surface area contributed by atoms with Crippen LogP contribution in [0.1, 0.15) is 252 Å². The Hall–Kier alpha value is -4.53. The van der Waals surface area contributed by atoms with Gasteiger partial charge in [-0.25, -0.2) is 28.1 Å². The molecule has 1 aromatic heterocycles. The Morgan fingerprint density at radius 2 is 0.500 bits per heavy atom. The van der Waals surface area contributed by atoms with E-state index >= 15 is 14.4 Å². The molecule has 3 aromatic carbocycles. The number of hydrogen-bond donors (Lipinski definition) is 3. The molecule has 66 heavy (non-hydrogen) atoms. The Balaban J connectivity index is 2.41. The molecule has 0 saturated heterocycles. The Bertz CT molecular complexity index is 2160. The SMILES string of the molecule is CCCC(c1cc(C(C)(C)C)c(O)c(C(C)(C)C)c1)n1c(=O)n(C(CCC)c2cc(C(C)(C)C)c(O)c(C(C)(C)C)c2)c(=O)n(C(CCC)c2cc(C(C)(C)C)c(O)c(C(C)(C)C)c2)c1=O. The van der Waals surface area contributed by atoms with E-state index in [9.17, 15) is 15.3 Å². The Morgan fingerprint density at radius 3 is 0.621 bits per heavy atom. The van der Waals surface area contributed by atoms with Crippen LogP contribution in [0.4, 0.5) is 0 Å². The minimum atomic E-state index is -0.800. The first-order valence-electron chi connectivity index (χ1n) is 24.6. The number of aromatic hydroxyl groups is 3. The summed E-state index contributed by atoms with van der Waals surface area (Å²) < 4.78 is 3.98. The fraction of sp³-hybridized carbons (Fsp3) is 0.632. The van der Waals surface area contributed by atoms with E-state index in [2.05, 4.69) is 0 Å². The number of aromatic nitrogens is 3. The van der Waals surface area contributed by atoms with Gasteiger partial charge in [0.2, 0.25) is 0 Å². The van der Waals surface area contributed by atoms with Crippen LogP contribution in [0, 0.1) is 0 Å². The van der Waals surface area contributed by atoms with Crippen LogP contribution < -0.4 is 17.1 Å². The van der Waals surface area contributed by atoms with E-state index in [0.717, 1.165) is 0 Å². The van der Waals surface area contributed by atoms with Crippen LogP contribution in [0.5, 0.6) is 17.2 Å². The third-order valence-corrected chi connectivity index (χ3v) is 13.3. The van der Waals surface area contributed by atoms with Crippen molar-refractivity contribution in [3.63, 3.8) is 0 Å². The molecule has 0 saturated carbocycles. The summed E-state index contributed by atoms with van der Waals surface area (Å²) in [6.07, 6.45) is 3.08. The predicted octanol–water partition coefficient (Wildman–Crippen LogP) is 13.2. The van der Waals surface area contributed by atoms with Crippen LogP contribution >= 0.6 is 0 Å². The first-order chi connectivity index (χ1) is 29.9. The second kappa shape index (κ2) is 18.9. The number of hydrogen-bond acceptors (Lipinski definition) is 6. The van der Waals surface area contributed by atoms with Crippen LogP contribution in [0.2, 0.25) is 0 Å². The minimum Gasteiger partial charge on any atom is -0.507 e. The monoisotopic (exact) mass is 910 g/mol. The molecule has 0 fully saturated rings. The van der Waals surface area contributed by atoms with E-state index in [1.54, 1.807) is 0 Å². The topological polar surface area (TPSA) is 127 Å². The van der Waals surface area contributed by atoms with Crippen molar-refractivity contribution in [3.05, 3.63) is 118 Å². The van der Waals surface area contributed by atoms with Gasteiger partial charge in [0.05, 0.1) is 18.1 Å². The van der Waals surface area contributed by atoms with Crippen molar-refractivity contribution >= 4 is 0 Å². The van der Waals surface area contributed by atoms with Gasteiger partial charge >= 0.3 is 17.1 Å². The highest BCUT2D eigenvalue weighted by Gasteiger charge is 2.36. The van der Waals surface area contributed by atoms with Crippen molar-refractivity contribution in [2.75, 3.05) is 0 Å². The van der Waals surface area contributed by atoms with Crippen molar-refractivity contribution in [3.8, 4) is 17.2 Å². The van der Waals surface area contributed by atoms with Gasteiger partial charge in [0, 0.05) is 0 Å². The molecule has 0 aliphatic carbocycles. The molecule has 3 N–H and O–H groups in total. The Morgan fingerprint density at radius 1 is 0.348 bits per heavy atom. The fourth-order valence-corrected chi connectivity index (χ4v) is 9.53. The zero-order chi connectivity index (χ0) is 50.6. The number of phenolic OH excluding ortho intramolecular Hbond substituents is 3. The first-order valence-corrected chi connectivity index (χ1v) is 24.6. The average Bonchev–Trinajstić information content (AvgIpc) is 3.14. The van der Waals surface area contributed by atoms with Crippen LogP contribution in [0.25, 0.3) is 0 Å². The molecular formula is C57H87N3O6. The predicted molar refractivity (Wildman–Crippen MR) is 275 cm³/mol. The number of phenols is 3. The molecule has 0 aliphatic rings. The lowest BCUT2D eigenvalue weighted by Gasteiger charge is -2.33. The smallest absolute Gasteiger partial charge is 0.337 e. The van der Waals surface area contributed by atoms with Crippen molar-refractivity contribution in [2.45, 2.75) is 235 Å². The van der Waals surface area contributed by atoms with E-state index in [0.29, 0.717) is 88.6 Å². The standard InChI is InChI=1S/C57H87N3O6/c1-22-25-43(34-28-37(52(4,5)6)46(61)38(29-34)53(7,8)9)58-49(64)59(44(26-23-2)35-30-39(54(10,11)12)47(62)40(31-35)55(13,14)15)51(66)60(50(58)65)45(27-24-3)36-32-41(56(16,17)18)48(63)42(33-36)57(19,20)21/h28-33,43-45,61-63H,22-27H2,1-21H3. The van der Waals surface area contributed by atoms with Gasteiger partial charge in [0.15, 0.2) is 0 Å². The summed E-state index contributed by atoms with van der Waals surface area (Å²) in [5.41, 5.74) is 1.40. The number of benzene rings is 3. The van der Waals surface area contributed by atoms with Crippen LogP contribution in [-0.2, 0) is 32.5 Å². The summed E-state index contributed by atoms with van der Waals surface area (Å²) in [5.74, 6) is 0.592. The zero-order valence-electron chi connectivity index (χ0n) is 44.8. The molecule has 1 heterocycles. The summed E-state index contributed by atoms with van der Waals surface area (Å²) in [4.78, 5) is 47.8. The van der Waals surface area contributed by atoms with Gasteiger partial charge in [0.1, 0.15) is 17.2 Å². The molecular weight excluding hydrogens is 823 g/mol. The molecule has 366 valence electrons. The third-order valence-electron chi connectivity index (χ3n) is 13.3. The highest BCUT2D eigenvalue weighted by atomic mass is 16.3. The van der Waals surface area contributed by atoms with Crippen LogP contribution in [0.15, 0.2) is 50.8 Å². The van der Waals surface area contributed by atoms with Crippen LogP contribution in [0.3, 0.4) is 0 Å². The molecule has 4 rings (SSSR count). The molecule has 0 amide bonds. The maximum absolute atomic E-state index is 15.9. The second-order valence-electron chi connectivity index (χ2n) is 25.3. The zero-order valence-corrected chi connectivity index (χ0v) is 44.8. The molecule has 0 bridgehead atoms. The quantitative estimate of drug-likeness (QED) is 0.130. The van der Waals surface area contributed by atoms with E-state index in [-0.39, 0.29) is 17.2 Å². The second-order valence-corrected chi connectivity index (χ2v) is 25.3. The molecule has 3 unspecified atom stereocenters. The maximum atomic E-state index is 15.9. The highest BCUT2D eigenvalue weighted by molar-refractivity contribution is 5.53. The van der Waals surface area contributed by atoms with Crippen molar-refractivity contribution in [1.82, 2.24) is 13.7 Å². The summed E-state index contributed by atoms with van der Waals surface area (Å²) in [5, 5.41) is 35.6. The van der Waals surface area contributed by atoms with E-state index in [1.165, 1.54) is 13.7 Å². The summed E-state index contributed by atoms with van der Waals surface area (Å²) >= 11 is 0.